The average molecular weight is 665 g/mol. The van der Waals surface area contributed by atoms with Crippen molar-refractivity contribution in [3.05, 3.63) is 89.1 Å². The summed E-state index contributed by atoms with van der Waals surface area (Å²) in [5.41, 5.74) is 7.66. The number of hydrogen-bond acceptors (Lipinski definition) is 9. The largest absolute Gasteiger partial charge is 0.492 e. The van der Waals surface area contributed by atoms with Crippen LogP contribution in [-0.4, -0.2) is 55.7 Å². The van der Waals surface area contributed by atoms with Crippen LogP contribution in [0.3, 0.4) is 0 Å². The fourth-order valence-corrected chi connectivity index (χ4v) is 7.28. The summed E-state index contributed by atoms with van der Waals surface area (Å²) >= 11 is 6.42. The Morgan fingerprint density at radius 1 is 1.07 bits per heavy atom. The van der Waals surface area contributed by atoms with Gasteiger partial charge in [-0.2, -0.15) is 0 Å². The maximum Gasteiger partial charge on any atom is 0.311 e. The highest BCUT2D eigenvalue weighted by Gasteiger charge is 2.46. The molecule has 1 aromatic heterocycles. The van der Waals surface area contributed by atoms with E-state index in [-0.39, 0.29) is 29.7 Å². The molecule has 0 aliphatic carbocycles. The highest BCUT2D eigenvalue weighted by molar-refractivity contribution is 7.91. The van der Waals surface area contributed by atoms with Crippen LogP contribution in [0, 0.1) is 5.92 Å². The smallest absolute Gasteiger partial charge is 0.311 e. The van der Waals surface area contributed by atoms with E-state index < -0.39 is 33.8 Å². The van der Waals surface area contributed by atoms with Crippen LogP contribution in [-0.2, 0) is 24.2 Å². The number of aromatic nitrogens is 1. The number of esters is 1. The number of anilines is 2. The number of nitrogens with two attached hydrogens (primary N) is 1. The molecule has 2 heterocycles. The van der Waals surface area contributed by atoms with E-state index >= 15 is 0 Å². The lowest BCUT2D eigenvalue weighted by molar-refractivity contribution is -0.149. The number of fused-ring (bicyclic) bond motifs is 1. The molecule has 1 aliphatic heterocycles. The Kier molecular flexibility index (Phi) is 10.0. The number of nitrogens with zero attached hydrogens (tertiary/aromatic N) is 2. The van der Waals surface area contributed by atoms with Crippen LogP contribution >= 0.6 is 11.6 Å². The molecule has 1 saturated heterocycles. The van der Waals surface area contributed by atoms with Crippen molar-refractivity contribution < 1.29 is 27.5 Å². The number of nitrogens with one attached hydrogen (secondary N) is 1. The molecular formula is C34H37ClN4O6S. The highest BCUT2D eigenvalue weighted by atomic mass is 35.5. The molecule has 0 saturated carbocycles. The van der Waals surface area contributed by atoms with Gasteiger partial charge in [0.2, 0.25) is 5.91 Å². The Balaban J connectivity index is 1.63. The van der Waals surface area contributed by atoms with Crippen molar-refractivity contribution in [2.24, 2.45) is 5.92 Å². The maximum absolute atomic E-state index is 14.8. The van der Waals surface area contributed by atoms with Crippen LogP contribution in [0.4, 0.5) is 11.5 Å². The van der Waals surface area contributed by atoms with Crippen LogP contribution < -0.4 is 15.8 Å². The van der Waals surface area contributed by atoms with E-state index in [0.29, 0.717) is 46.4 Å². The van der Waals surface area contributed by atoms with Gasteiger partial charge in [0, 0.05) is 23.8 Å². The number of hydrogen-bond donors (Lipinski definition) is 2. The number of halogens is 1. The summed E-state index contributed by atoms with van der Waals surface area (Å²) in [4.78, 5) is 33.9. The lowest BCUT2D eigenvalue weighted by atomic mass is 9.93. The predicted molar refractivity (Wildman–Crippen MR) is 179 cm³/mol. The number of rotatable bonds is 11. The third kappa shape index (κ3) is 6.61. The van der Waals surface area contributed by atoms with Crippen LogP contribution in [0.5, 0.6) is 5.75 Å². The third-order valence-corrected chi connectivity index (χ3v) is 10.3. The van der Waals surface area contributed by atoms with Gasteiger partial charge in [-0.1, -0.05) is 42.8 Å². The minimum atomic E-state index is -3.69. The molecule has 1 amide bonds. The maximum atomic E-state index is 14.8. The van der Waals surface area contributed by atoms with Gasteiger partial charge >= 0.3 is 5.97 Å². The SMILES string of the molecule is CCOC(=O)[C@H]1CCN(C(=O)[C@H](Nc2ccc3c(N)nccc3c2)c2ccc(Cl)c(OCC)c2)[C@H]1c1ccccc1S(=O)(=O)CC. The molecule has 3 N–H and O–H groups in total. The summed E-state index contributed by atoms with van der Waals surface area (Å²) in [6.07, 6.45) is 1.92. The molecule has 0 radical (unpaired) electrons. The van der Waals surface area contributed by atoms with Gasteiger partial charge in [-0.3, -0.25) is 9.59 Å². The van der Waals surface area contributed by atoms with Crippen LogP contribution in [0.1, 0.15) is 50.4 Å². The molecule has 0 unspecified atom stereocenters. The fourth-order valence-electron chi connectivity index (χ4n) is 5.96. The minimum Gasteiger partial charge on any atom is -0.492 e. The van der Waals surface area contributed by atoms with Gasteiger partial charge in [0.1, 0.15) is 17.6 Å². The summed E-state index contributed by atoms with van der Waals surface area (Å²) in [6.45, 7) is 5.85. The minimum absolute atomic E-state index is 0.0897. The second-order valence-corrected chi connectivity index (χ2v) is 13.6. The van der Waals surface area contributed by atoms with E-state index in [2.05, 4.69) is 10.3 Å². The molecule has 3 atom stereocenters. The summed E-state index contributed by atoms with van der Waals surface area (Å²) < 4.78 is 37.7. The van der Waals surface area contributed by atoms with Crippen molar-refractivity contribution in [3.8, 4) is 5.75 Å². The molecule has 5 rings (SSSR count). The standard InChI is InChI=1S/C34H37ClN4O6S/c1-4-44-28-20-22(11-14-27(28)35)30(38-23-12-13-24-21(19-23)15-17-37-32(24)36)33(40)39-18-16-26(34(41)45-5-2)31(39)25-9-7-8-10-29(25)46(42,43)6-3/h7-15,17,19-20,26,30-31,38H,4-6,16,18H2,1-3H3,(H2,36,37)/t26-,30+,31-/m0/s1. The first-order chi connectivity index (χ1) is 22.1. The number of carbonyl (C=O) groups excluding carboxylic acids is 2. The molecule has 3 aromatic carbocycles. The lowest BCUT2D eigenvalue weighted by Gasteiger charge is -2.33. The monoisotopic (exact) mass is 664 g/mol. The summed E-state index contributed by atoms with van der Waals surface area (Å²) in [5.74, 6) is -0.937. The van der Waals surface area contributed by atoms with Crippen molar-refractivity contribution in [2.45, 2.75) is 44.2 Å². The Bertz CT molecular complexity index is 1870. The number of amides is 1. The van der Waals surface area contributed by atoms with Crippen molar-refractivity contribution in [1.82, 2.24) is 9.88 Å². The summed E-state index contributed by atoms with van der Waals surface area (Å²) in [7, 11) is -3.69. The molecule has 0 spiro atoms. The summed E-state index contributed by atoms with van der Waals surface area (Å²) in [5, 5.41) is 5.38. The number of sulfone groups is 1. The lowest BCUT2D eigenvalue weighted by Crippen LogP contribution is -2.40. The van der Waals surface area contributed by atoms with E-state index in [9.17, 15) is 18.0 Å². The Morgan fingerprint density at radius 2 is 1.85 bits per heavy atom. The number of nitrogen functional groups attached to an aromatic ring is 1. The Morgan fingerprint density at radius 3 is 2.59 bits per heavy atom. The van der Waals surface area contributed by atoms with E-state index in [1.807, 2.05) is 31.2 Å². The second kappa shape index (κ2) is 14.0. The molecule has 46 heavy (non-hydrogen) atoms. The zero-order chi connectivity index (χ0) is 33.0. The van der Waals surface area contributed by atoms with E-state index in [1.165, 1.54) is 6.07 Å². The number of benzene rings is 3. The van der Waals surface area contributed by atoms with Crippen LogP contribution in [0.15, 0.2) is 77.8 Å². The first-order valence-corrected chi connectivity index (χ1v) is 17.2. The van der Waals surface area contributed by atoms with E-state index in [1.54, 1.807) is 61.3 Å². The van der Waals surface area contributed by atoms with E-state index in [4.69, 9.17) is 26.8 Å². The predicted octanol–water partition coefficient (Wildman–Crippen LogP) is 5.97. The fraction of sp³-hybridized carbons (Fsp3) is 0.324. The number of pyridine rings is 1. The van der Waals surface area contributed by atoms with Crippen molar-refractivity contribution >= 4 is 55.6 Å². The Hall–Kier alpha value is -4.35. The van der Waals surface area contributed by atoms with Gasteiger partial charge in [-0.25, -0.2) is 13.4 Å². The number of carbonyl (C=O) groups is 2. The number of ether oxygens (including phenoxy) is 2. The van der Waals surface area contributed by atoms with Gasteiger partial charge in [0.15, 0.2) is 9.84 Å². The second-order valence-electron chi connectivity index (χ2n) is 10.9. The van der Waals surface area contributed by atoms with E-state index in [0.717, 1.165) is 10.8 Å². The molecule has 4 aromatic rings. The average Bonchev–Trinajstić information content (AvgIpc) is 3.50. The third-order valence-electron chi connectivity index (χ3n) is 8.16. The Labute approximate surface area is 273 Å². The van der Waals surface area contributed by atoms with Gasteiger partial charge in [0.05, 0.1) is 40.8 Å². The molecular weight excluding hydrogens is 628 g/mol. The van der Waals surface area contributed by atoms with Crippen molar-refractivity contribution in [1.29, 1.82) is 0 Å². The van der Waals surface area contributed by atoms with Gasteiger partial charge in [0.25, 0.3) is 0 Å². The van der Waals surface area contributed by atoms with Gasteiger partial charge in [-0.15, -0.1) is 0 Å². The van der Waals surface area contributed by atoms with Crippen molar-refractivity contribution in [2.75, 3.05) is 36.6 Å². The van der Waals surface area contributed by atoms with Crippen LogP contribution in [0.2, 0.25) is 5.02 Å². The normalized spacial score (nSPS) is 17.1. The molecule has 10 nitrogen and oxygen atoms in total. The van der Waals surface area contributed by atoms with Crippen LogP contribution in [0.25, 0.3) is 10.8 Å². The zero-order valence-corrected chi connectivity index (χ0v) is 27.5. The first kappa shape index (κ1) is 33.0. The topological polar surface area (TPSA) is 141 Å². The molecule has 1 fully saturated rings. The molecule has 0 bridgehead atoms. The highest BCUT2D eigenvalue weighted by Crippen LogP contribution is 2.43. The van der Waals surface area contributed by atoms with Gasteiger partial charge in [-0.05, 0) is 79.2 Å². The van der Waals surface area contributed by atoms with Crippen molar-refractivity contribution in [3.63, 3.8) is 0 Å². The molecule has 242 valence electrons. The number of likely N-dealkylation sites (tertiary alicyclic amines) is 1. The van der Waals surface area contributed by atoms with Gasteiger partial charge < -0.3 is 25.4 Å². The quantitative estimate of drug-likeness (QED) is 0.186. The molecule has 12 heteroatoms. The zero-order valence-electron chi connectivity index (χ0n) is 25.9. The first-order valence-electron chi connectivity index (χ1n) is 15.2. The molecule has 1 aliphatic rings. The summed E-state index contributed by atoms with van der Waals surface area (Å²) in [6, 6.07) is 17.2.